The van der Waals surface area contributed by atoms with Crippen molar-refractivity contribution in [3.8, 4) is 11.5 Å². The van der Waals surface area contributed by atoms with Gasteiger partial charge in [0.05, 0.1) is 19.5 Å². The van der Waals surface area contributed by atoms with E-state index in [2.05, 4.69) is 5.32 Å². The molecule has 1 N–H and O–H groups in total. The molecule has 1 aromatic rings. The van der Waals surface area contributed by atoms with Crippen molar-refractivity contribution in [3.05, 3.63) is 22.7 Å². The van der Waals surface area contributed by atoms with Gasteiger partial charge in [-0.3, -0.25) is 4.79 Å². The van der Waals surface area contributed by atoms with Gasteiger partial charge in [-0.15, -0.1) is 0 Å². The first kappa shape index (κ1) is 16.3. The van der Waals surface area contributed by atoms with Crippen LogP contribution >= 0.6 is 11.6 Å². The molecule has 0 bridgehead atoms. The first-order valence-corrected chi connectivity index (χ1v) is 8.75. The number of amides is 2. The molecule has 2 fully saturated rings. The summed E-state index contributed by atoms with van der Waals surface area (Å²) in [5.74, 6) is 1.18. The van der Waals surface area contributed by atoms with Crippen molar-refractivity contribution in [1.29, 1.82) is 0 Å². The van der Waals surface area contributed by atoms with Gasteiger partial charge in [-0.25, -0.2) is 4.79 Å². The molecule has 25 heavy (non-hydrogen) atoms. The normalized spacial score (nSPS) is 24.8. The molecular weight excluding hydrogens is 348 g/mol. The van der Waals surface area contributed by atoms with Gasteiger partial charge in [0, 0.05) is 17.6 Å². The number of ether oxygens (including phenoxy) is 3. The Balaban J connectivity index is 1.47. The fourth-order valence-corrected chi connectivity index (χ4v) is 3.78. The number of piperidine rings is 1. The van der Waals surface area contributed by atoms with Gasteiger partial charge in [0.25, 0.3) is 0 Å². The van der Waals surface area contributed by atoms with E-state index in [4.69, 9.17) is 25.8 Å². The molecule has 7 nitrogen and oxygen atoms in total. The highest BCUT2D eigenvalue weighted by atomic mass is 35.5. The lowest BCUT2D eigenvalue weighted by molar-refractivity contribution is -0.136. The minimum absolute atomic E-state index is 0.0411. The number of halogens is 1. The van der Waals surface area contributed by atoms with E-state index < -0.39 is 11.7 Å². The van der Waals surface area contributed by atoms with Crippen LogP contribution in [0.4, 0.5) is 4.79 Å². The maximum absolute atomic E-state index is 12.7. The Morgan fingerprint density at radius 2 is 2.04 bits per heavy atom. The number of nitrogens with zero attached hydrogens (tertiary/aromatic N) is 1. The molecule has 3 aliphatic heterocycles. The molecule has 4 rings (SSSR count). The van der Waals surface area contributed by atoms with Crippen molar-refractivity contribution < 1.29 is 23.8 Å². The molecule has 3 heterocycles. The van der Waals surface area contributed by atoms with Gasteiger partial charge in [0.2, 0.25) is 5.91 Å². The van der Waals surface area contributed by atoms with Gasteiger partial charge < -0.3 is 24.4 Å². The van der Waals surface area contributed by atoms with Crippen LogP contribution in [0, 0.1) is 0 Å². The maximum atomic E-state index is 12.7. The predicted octanol–water partition coefficient (Wildman–Crippen LogP) is 1.75. The molecule has 0 aliphatic carbocycles. The molecule has 0 saturated carbocycles. The first-order chi connectivity index (χ1) is 12.0. The summed E-state index contributed by atoms with van der Waals surface area (Å²) in [5, 5.41) is 3.17. The summed E-state index contributed by atoms with van der Waals surface area (Å²) in [6, 6.07) is 3.46. The summed E-state index contributed by atoms with van der Waals surface area (Å²) in [6.45, 7) is 2.48. The Morgan fingerprint density at radius 3 is 2.76 bits per heavy atom. The van der Waals surface area contributed by atoms with E-state index in [9.17, 15) is 9.59 Å². The van der Waals surface area contributed by atoms with Crippen molar-refractivity contribution in [1.82, 2.24) is 10.2 Å². The lowest BCUT2D eigenvalue weighted by Crippen LogP contribution is -2.52. The molecule has 0 radical (unpaired) electrons. The van der Waals surface area contributed by atoms with E-state index in [1.807, 2.05) is 0 Å². The van der Waals surface area contributed by atoms with Crippen LogP contribution < -0.4 is 14.8 Å². The number of alkyl carbamates (subject to hydrolysis) is 1. The molecule has 1 aromatic carbocycles. The van der Waals surface area contributed by atoms with Gasteiger partial charge in [0.1, 0.15) is 18.8 Å². The molecule has 1 atom stereocenters. The SMILES string of the molecule is O=C1NCC2(CCCN(C(=O)Cc3cc4c(cc3Cl)OCCO4)C2)O1. The third-order valence-electron chi connectivity index (χ3n) is 4.81. The Kier molecular flexibility index (Phi) is 4.11. The third-order valence-corrected chi connectivity index (χ3v) is 5.16. The molecule has 1 unspecified atom stereocenters. The number of hydrogen-bond donors (Lipinski definition) is 1. The van der Waals surface area contributed by atoms with Crippen LogP contribution in [0.1, 0.15) is 18.4 Å². The standard InChI is InChI=1S/C17H19ClN2O5/c18-12-8-14-13(23-4-5-24-14)6-11(12)7-15(21)20-3-1-2-17(10-20)9-19-16(22)25-17/h6,8H,1-5,7,9-10H2,(H,19,22). The number of carbonyl (C=O) groups is 2. The average molecular weight is 367 g/mol. The zero-order valence-electron chi connectivity index (χ0n) is 13.7. The zero-order valence-corrected chi connectivity index (χ0v) is 14.4. The quantitative estimate of drug-likeness (QED) is 0.863. The number of carbonyl (C=O) groups excluding carboxylic acids is 2. The second-order valence-corrected chi connectivity index (χ2v) is 7.02. The van der Waals surface area contributed by atoms with Crippen LogP contribution in [0.15, 0.2) is 12.1 Å². The van der Waals surface area contributed by atoms with Crippen LogP contribution in [0.5, 0.6) is 11.5 Å². The number of hydrogen-bond acceptors (Lipinski definition) is 5. The van der Waals surface area contributed by atoms with Gasteiger partial charge in [-0.1, -0.05) is 11.6 Å². The molecule has 2 amide bonds. The number of fused-ring (bicyclic) bond motifs is 1. The average Bonchev–Trinajstić information content (AvgIpc) is 2.95. The number of benzene rings is 1. The van der Waals surface area contributed by atoms with Gasteiger partial charge in [-0.2, -0.15) is 0 Å². The molecule has 134 valence electrons. The van der Waals surface area contributed by atoms with Crippen molar-refractivity contribution in [2.24, 2.45) is 0 Å². The first-order valence-electron chi connectivity index (χ1n) is 8.37. The highest BCUT2D eigenvalue weighted by Crippen LogP contribution is 2.36. The zero-order chi connectivity index (χ0) is 17.4. The highest BCUT2D eigenvalue weighted by molar-refractivity contribution is 6.31. The second-order valence-electron chi connectivity index (χ2n) is 6.61. The molecule has 2 saturated heterocycles. The summed E-state index contributed by atoms with van der Waals surface area (Å²) >= 11 is 6.30. The molecule has 3 aliphatic rings. The minimum Gasteiger partial charge on any atom is -0.486 e. The molecule has 8 heteroatoms. The largest absolute Gasteiger partial charge is 0.486 e. The summed E-state index contributed by atoms with van der Waals surface area (Å²) in [6.07, 6.45) is 1.33. The van der Waals surface area contributed by atoms with E-state index in [1.54, 1.807) is 17.0 Å². The summed E-state index contributed by atoms with van der Waals surface area (Å²) in [5.41, 5.74) is 0.110. The van der Waals surface area contributed by atoms with E-state index in [0.717, 1.165) is 12.8 Å². The van der Waals surface area contributed by atoms with Crippen molar-refractivity contribution in [2.45, 2.75) is 24.9 Å². The Hall–Kier alpha value is -2.15. The van der Waals surface area contributed by atoms with Crippen LogP contribution in [-0.4, -0.2) is 55.3 Å². The Morgan fingerprint density at radius 1 is 1.28 bits per heavy atom. The summed E-state index contributed by atoms with van der Waals surface area (Å²) in [7, 11) is 0. The molecule has 0 aromatic heterocycles. The van der Waals surface area contributed by atoms with Crippen molar-refractivity contribution >= 4 is 23.6 Å². The van der Waals surface area contributed by atoms with Crippen LogP contribution in [0.25, 0.3) is 0 Å². The minimum atomic E-state index is -0.596. The van der Waals surface area contributed by atoms with Gasteiger partial charge in [-0.05, 0) is 24.5 Å². The maximum Gasteiger partial charge on any atom is 0.407 e. The monoisotopic (exact) mass is 366 g/mol. The lowest BCUT2D eigenvalue weighted by Gasteiger charge is -2.38. The summed E-state index contributed by atoms with van der Waals surface area (Å²) in [4.78, 5) is 25.9. The van der Waals surface area contributed by atoms with E-state index in [0.29, 0.717) is 54.9 Å². The number of rotatable bonds is 2. The number of nitrogens with one attached hydrogen (secondary N) is 1. The fraction of sp³-hybridized carbons (Fsp3) is 0.529. The number of likely N-dealkylation sites (tertiary alicyclic amines) is 1. The van der Waals surface area contributed by atoms with Crippen LogP contribution in [0.2, 0.25) is 5.02 Å². The van der Waals surface area contributed by atoms with E-state index in [1.165, 1.54) is 0 Å². The van der Waals surface area contributed by atoms with Gasteiger partial charge >= 0.3 is 6.09 Å². The Bertz CT molecular complexity index is 725. The smallest absolute Gasteiger partial charge is 0.407 e. The van der Waals surface area contributed by atoms with Gasteiger partial charge in [0.15, 0.2) is 11.5 Å². The summed E-state index contributed by atoms with van der Waals surface area (Å²) < 4.78 is 16.5. The van der Waals surface area contributed by atoms with Crippen LogP contribution in [-0.2, 0) is 16.0 Å². The molecular formula is C17H19ClN2O5. The predicted molar refractivity (Wildman–Crippen MR) is 89.2 cm³/mol. The van der Waals surface area contributed by atoms with Crippen molar-refractivity contribution in [3.63, 3.8) is 0 Å². The molecule has 1 spiro atoms. The van der Waals surface area contributed by atoms with E-state index >= 15 is 0 Å². The van der Waals surface area contributed by atoms with Crippen LogP contribution in [0.3, 0.4) is 0 Å². The highest BCUT2D eigenvalue weighted by Gasteiger charge is 2.44. The topological polar surface area (TPSA) is 77.1 Å². The van der Waals surface area contributed by atoms with Crippen molar-refractivity contribution in [2.75, 3.05) is 32.8 Å². The fourth-order valence-electron chi connectivity index (χ4n) is 3.56. The second kappa shape index (κ2) is 6.29. The lowest BCUT2D eigenvalue weighted by atomic mass is 9.92. The third kappa shape index (κ3) is 3.20. The Labute approximate surface area is 150 Å². The van der Waals surface area contributed by atoms with E-state index in [-0.39, 0.29) is 12.3 Å².